The lowest BCUT2D eigenvalue weighted by molar-refractivity contribution is -0.668. The van der Waals surface area contributed by atoms with Crippen molar-refractivity contribution in [3.05, 3.63) is 36.2 Å². The maximum atomic E-state index is 5.14. The van der Waals surface area contributed by atoms with Crippen LogP contribution >= 0.6 is 0 Å². The third-order valence-electron chi connectivity index (χ3n) is 1.72. The zero-order chi connectivity index (χ0) is 9.26. The van der Waals surface area contributed by atoms with Crippen LogP contribution in [0.5, 0.6) is 0 Å². The van der Waals surface area contributed by atoms with Gasteiger partial charge in [-0.2, -0.15) is 0 Å². The molecule has 0 radical (unpaired) electrons. The van der Waals surface area contributed by atoms with Gasteiger partial charge in [0, 0.05) is 17.2 Å². The molecule has 66 valence electrons. The predicted octanol–water partition coefficient (Wildman–Crippen LogP) is 1.17. The zero-order valence-corrected chi connectivity index (χ0v) is 7.91. The van der Waals surface area contributed by atoms with Crippen molar-refractivity contribution in [3.63, 3.8) is 0 Å². The first-order valence-electron chi connectivity index (χ1n) is 3.89. The van der Waals surface area contributed by atoms with Crippen LogP contribution in [0.15, 0.2) is 40.0 Å². The molecule has 0 aliphatic rings. The Bertz CT molecular complexity index is 411. The number of benzene rings is 1. The fourth-order valence-electron chi connectivity index (χ4n) is 1.15. The van der Waals surface area contributed by atoms with Crippen LogP contribution in [0.3, 0.4) is 0 Å². The second-order valence-corrected chi connectivity index (χ2v) is 2.98. The van der Waals surface area contributed by atoms with Crippen molar-refractivity contribution in [3.8, 4) is 5.69 Å². The van der Waals surface area contributed by atoms with E-state index in [9.17, 15) is 0 Å². The SMILES string of the molecule is Cc1oc([S-])n[n+]1-c1ccccc1. The average molecular weight is 192 g/mol. The first-order chi connectivity index (χ1) is 6.27. The van der Waals surface area contributed by atoms with E-state index >= 15 is 0 Å². The standard InChI is InChI=1S/C9H8N2OS/c1-7-11(10-9(13)12-7)8-5-3-2-4-6-8/h2-6H,1H3. The van der Waals surface area contributed by atoms with Crippen LogP contribution in [-0.2, 0) is 12.6 Å². The summed E-state index contributed by atoms with van der Waals surface area (Å²) in [4.78, 5) is 0. The minimum absolute atomic E-state index is 0.265. The molecular weight excluding hydrogens is 184 g/mol. The summed E-state index contributed by atoms with van der Waals surface area (Å²) in [6.07, 6.45) is 0. The average Bonchev–Trinajstić information content (AvgIpc) is 2.47. The van der Waals surface area contributed by atoms with Crippen molar-refractivity contribution in [2.75, 3.05) is 0 Å². The highest BCUT2D eigenvalue weighted by atomic mass is 32.1. The van der Waals surface area contributed by atoms with Crippen LogP contribution in [0.4, 0.5) is 0 Å². The molecule has 0 saturated heterocycles. The number of nitrogens with zero attached hydrogens (tertiary/aromatic N) is 2. The Balaban J connectivity index is 2.53. The molecule has 0 N–H and O–H groups in total. The molecular formula is C9H8N2OS. The number of aryl methyl sites for hydroxylation is 1. The van der Waals surface area contributed by atoms with E-state index in [1.807, 2.05) is 37.3 Å². The second-order valence-electron chi connectivity index (χ2n) is 2.63. The lowest BCUT2D eigenvalue weighted by atomic mass is 10.3. The van der Waals surface area contributed by atoms with Gasteiger partial charge in [0.15, 0.2) is 0 Å². The van der Waals surface area contributed by atoms with Crippen molar-refractivity contribution < 1.29 is 9.10 Å². The van der Waals surface area contributed by atoms with Crippen molar-refractivity contribution in [1.82, 2.24) is 5.10 Å². The summed E-state index contributed by atoms with van der Waals surface area (Å²) in [6, 6.07) is 9.74. The van der Waals surface area contributed by atoms with Gasteiger partial charge >= 0.3 is 5.89 Å². The third-order valence-corrected chi connectivity index (χ3v) is 1.88. The molecule has 13 heavy (non-hydrogen) atoms. The van der Waals surface area contributed by atoms with Crippen LogP contribution in [0, 0.1) is 6.92 Å². The number of hydrogen-bond acceptors (Lipinski definition) is 3. The Hall–Kier alpha value is -1.42. The molecule has 1 heterocycles. The molecule has 0 bridgehead atoms. The molecule has 1 aromatic carbocycles. The molecule has 0 aliphatic carbocycles. The van der Waals surface area contributed by atoms with Gasteiger partial charge in [-0.1, -0.05) is 18.2 Å². The normalized spacial score (nSPS) is 10.2. The molecule has 0 saturated carbocycles. The molecule has 1 aromatic heterocycles. The summed E-state index contributed by atoms with van der Waals surface area (Å²) in [5.74, 6) is 0.691. The lowest BCUT2D eigenvalue weighted by Crippen LogP contribution is -2.35. The largest absolute Gasteiger partial charge is 0.715 e. The number of aromatic nitrogens is 2. The van der Waals surface area contributed by atoms with E-state index in [1.54, 1.807) is 4.68 Å². The fraction of sp³-hybridized carbons (Fsp3) is 0.111. The van der Waals surface area contributed by atoms with Crippen LogP contribution in [0.2, 0.25) is 0 Å². The molecule has 2 aromatic rings. The zero-order valence-electron chi connectivity index (χ0n) is 7.10. The Morgan fingerprint density at radius 3 is 2.54 bits per heavy atom. The van der Waals surface area contributed by atoms with Gasteiger partial charge < -0.3 is 17.0 Å². The fourth-order valence-corrected chi connectivity index (χ4v) is 1.35. The van der Waals surface area contributed by atoms with E-state index in [0.29, 0.717) is 5.89 Å². The summed E-state index contributed by atoms with van der Waals surface area (Å²) >= 11 is 4.82. The quantitative estimate of drug-likeness (QED) is 0.502. The first-order valence-corrected chi connectivity index (χ1v) is 4.30. The minimum atomic E-state index is 0.265. The summed E-state index contributed by atoms with van der Waals surface area (Å²) in [5, 5.41) is 4.31. The molecule has 3 nitrogen and oxygen atoms in total. The molecule has 2 rings (SSSR count). The van der Waals surface area contributed by atoms with Crippen LogP contribution in [-0.4, -0.2) is 5.10 Å². The molecule has 0 amide bonds. The number of para-hydroxylation sites is 1. The van der Waals surface area contributed by atoms with E-state index in [0.717, 1.165) is 5.69 Å². The van der Waals surface area contributed by atoms with Gasteiger partial charge in [0.2, 0.25) is 5.69 Å². The van der Waals surface area contributed by atoms with Gasteiger partial charge in [0.25, 0.3) is 0 Å². The first kappa shape index (κ1) is 8.19. The Morgan fingerprint density at radius 1 is 1.31 bits per heavy atom. The van der Waals surface area contributed by atoms with E-state index in [-0.39, 0.29) is 5.22 Å². The maximum Gasteiger partial charge on any atom is 0.375 e. The molecule has 0 fully saturated rings. The maximum absolute atomic E-state index is 5.14. The number of rotatable bonds is 1. The topological polar surface area (TPSA) is 29.9 Å². The summed E-state index contributed by atoms with van der Waals surface area (Å²) < 4.78 is 6.82. The van der Waals surface area contributed by atoms with Gasteiger partial charge in [-0.05, 0) is 4.68 Å². The van der Waals surface area contributed by atoms with Gasteiger partial charge in [-0.25, -0.2) is 0 Å². The smallest absolute Gasteiger partial charge is 0.375 e. The van der Waals surface area contributed by atoms with Gasteiger partial charge in [0.1, 0.15) is 5.22 Å². The van der Waals surface area contributed by atoms with Crippen LogP contribution < -0.4 is 4.68 Å². The molecule has 0 spiro atoms. The van der Waals surface area contributed by atoms with E-state index in [4.69, 9.17) is 17.0 Å². The highest BCUT2D eigenvalue weighted by Crippen LogP contribution is 2.01. The van der Waals surface area contributed by atoms with Gasteiger partial charge in [-0.3, -0.25) is 0 Å². The van der Waals surface area contributed by atoms with Crippen LogP contribution in [0.25, 0.3) is 5.69 Å². The highest BCUT2D eigenvalue weighted by molar-refractivity contribution is 7.58. The van der Waals surface area contributed by atoms with Gasteiger partial charge in [-0.15, -0.1) is 0 Å². The second kappa shape index (κ2) is 3.14. The summed E-state index contributed by atoms with van der Waals surface area (Å²) in [7, 11) is 0. The third kappa shape index (κ3) is 1.53. The van der Waals surface area contributed by atoms with E-state index in [1.165, 1.54) is 0 Å². The highest BCUT2D eigenvalue weighted by Gasteiger charge is 2.14. The van der Waals surface area contributed by atoms with Crippen molar-refractivity contribution in [2.45, 2.75) is 12.1 Å². The molecule has 0 atom stereocenters. The van der Waals surface area contributed by atoms with Crippen molar-refractivity contribution in [1.29, 1.82) is 0 Å². The Labute approximate surface area is 81.4 Å². The summed E-state index contributed by atoms with van der Waals surface area (Å²) in [6.45, 7) is 1.83. The van der Waals surface area contributed by atoms with Crippen LogP contribution in [0.1, 0.15) is 5.89 Å². The molecule has 4 heteroatoms. The summed E-state index contributed by atoms with van der Waals surface area (Å²) in [5.41, 5.74) is 0.958. The van der Waals surface area contributed by atoms with E-state index < -0.39 is 0 Å². The lowest BCUT2D eigenvalue weighted by Gasteiger charge is -1.87. The number of hydrogen-bond donors (Lipinski definition) is 0. The van der Waals surface area contributed by atoms with Crippen molar-refractivity contribution >= 4 is 12.6 Å². The van der Waals surface area contributed by atoms with Crippen molar-refractivity contribution in [2.24, 2.45) is 0 Å². The predicted molar refractivity (Wildman–Crippen MR) is 48.4 cm³/mol. The van der Waals surface area contributed by atoms with E-state index in [2.05, 4.69) is 5.10 Å². The Kier molecular flexibility index (Phi) is 1.98. The minimum Gasteiger partial charge on any atom is -0.715 e. The Morgan fingerprint density at radius 2 is 2.00 bits per heavy atom. The molecule has 0 aliphatic heterocycles. The van der Waals surface area contributed by atoms with Gasteiger partial charge in [0.05, 0.1) is 6.92 Å². The monoisotopic (exact) mass is 192 g/mol. The molecule has 0 unspecified atom stereocenters.